The van der Waals surface area contributed by atoms with Gasteiger partial charge in [-0.05, 0) is 32.6 Å². The fraction of sp³-hybridized carbons (Fsp3) is 0.615. The molecule has 0 aliphatic heterocycles. The topological polar surface area (TPSA) is 46.5 Å². The predicted octanol–water partition coefficient (Wildman–Crippen LogP) is 2.07. The van der Waals surface area contributed by atoms with Gasteiger partial charge in [-0.1, -0.05) is 24.3 Å². The van der Waals surface area contributed by atoms with E-state index in [1.165, 1.54) is 7.11 Å². The van der Waals surface area contributed by atoms with Crippen LogP contribution in [0.25, 0.3) is 0 Å². The zero-order valence-corrected chi connectivity index (χ0v) is 10.2. The molecule has 90 valence electrons. The van der Waals surface area contributed by atoms with Gasteiger partial charge in [0.2, 0.25) is 0 Å². The van der Waals surface area contributed by atoms with Gasteiger partial charge in [0.1, 0.15) is 0 Å². The predicted molar refractivity (Wildman–Crippen MR) is 62.8 cm³/mol. The third-order valence-electron chi connectivity index (χ3n) is 3.17. The Bertz CT molecular complexity index is 319. The number of aliphatic hydroxyl groups excluding tert-OH is 1. The minimum absolute atomic E-state index is 0.212. The third-order valence-corrected chi connectivity index (χ3v) is 3.17. The first-order valence-electron chi connectivity index (χ1n) is 5.50. The first-order valence-corrected chi connectivity index (χ1v) is 5.50. The summed E-state index contributed by atoms with van der Waals surface area (Å²) in [5.74, 6) is 0.00636. The standard InChI is InChI=1S/C13H20O3/c1-9(2)11(14)7-10-5-6-13(3,8-10)12(15)16-4/h5-6,10-11,14H,1,7-8H2,2-4H3/t10-,11?,13+/m0/s1. The maximum Gasteiger partial charge on any atom is 0.315 e. The van der Waals surface area contributed by atoms with Gasteiger partial charge in [-0.15, -0.1) is 0 Å². The van der Waals surface area contributed by atoms with Crippen molar-refractivity contribution < 1.29 is 14.6 Å². The number of allylic oxidation sites excluding steroid dienone is 1. The number of hydrogen-bond donors (Lipinski definition) is 1. The molecule has 0 amide bonds. The number of aliphatic hydroxyl groups is 1. The highest BCUT2D eigenvalue weighted by Crippen LogP contribution is 2.38. The van der Waals surface area contributed by atoms with Crippen molar-refractivity contribution in [2.24, 2.45) is 11.3 Å². The van der Waals surface area contributed by atoms with Crippen LogP contribution in [0.15, 0.2) is 24.3 Å². The number of esters is 1. The molecule has 3 atom stereocenters. The summed E-state index contributed by atoms with van der Waals surface area (Å²) in [6.07, 6.45) is 4.70. The maximum absolute atomic E-state index is 11.5. The molecule has 0 fully saturated rings. The molecule has 0 bridgehead atoms. The summed E-state index contributed by atoms with van der Waals surface area (Å²) in [5.41, 5.74) is 0.230. The van der Waals surface area contributed by atoms with Crippen molar-refractivity contribution in [2.45, 2.75) is 32.8 Å². The second-order valence-electron chi connectivity index (χ2n) is 4.83. The Kier molecular flexibility index (Phi) is 3.92. The molecule has 0 heterocycles. The number of rotatable bonds is 4. The minimum Gasteiger partial charge on any atom is -0.468 e. The SMILES string of the molecule is C=C(C)C(O)C[C@@H]1C=C[C@@](C)(C(=O)OC)C1. The smallest absolute Gasteiger partial charge is 0.315 e. The summed E-state index contributed by atoms with van der Waals surface area (Å²) >= 11 is 0. The fourth-order valence-corrected chi connectivity index (χ4v) is 2.06. The van der Waals surface area contributed by atoms with Crippen LogP contribution >= 0.6 is 0 Å². The van der Waals surface area contributed by atoms with E-state index >= 15 is 0 Å². The Hall–Kier alpha value is -1.09. The molecule has 0 aromatic carbocycles. The summed E-state index contributed by atoms with van der Waals surface area (Å²) < 4.78 is 4.77. The second kappa shape index (κ2) is 4.83. The van der Waals surface area contributed by atoms with Crippen molar-refractivity contribution in [1.82, 2.24) is 0 Å². The van der Waals surface area contributed by atoms with Crippen molar-refractivity contribution >= 4 is 5.97 Å². The van der Waals surface area contributed by atoms with E-state index in [2.05, 4.69) is 6.58 Å². The minimum atomic E-state index is -0.534. The number of carbonyl (C=O) groups excluding carboxylic acids is 1. The van der Waals surface area contributed by atoms with Crippen molar-refractivity contribution in [3.05, 3.63) is 24.3 Å². The molecule has 1 aliphatic carbocycles. The van der Waals surface area contributed by atoms with Gasteiger partial charge >= 0.3 is 5.97 Å². The lowest BCUT2D eigenvalue weighted by atomic mass is 9.85. The largest absolute Gasteiger partial charge is 0.468 e. The Morgan fingerprint density at radius 2 is 2.38 bits per heavy atom. The highest BCUT2D eigenvalue weighted by Gasteiger charge is 2.38. The van der Waals surface area contributed by atoms with E-state index in [1.807, 2.05) is 26.0 Å². The summed E-state index contributed by atoms with van der Waals surface area (Å²) in [6.45, 7) is 7.39. The third kappa shape index (κ3) is 2.73. The summed E-state index contributed by atoms with van der Waals surface area (Å²) in [7, 11) is 1.40. The van der Waals surface area contributed by atoms with Gasteiger partial charge in [-0.2, -0.15) is 0 Å². The lowest BCUT2D eigenvalue weighted by molar-refractivity contribution is -0.149. The average Bonchev–Trinajstić information content (AvgIpc) is 2.60. The Morgan fingerprint density at radius 3 is 2.88 bits per heavy atom. The van der Waals surface area contributed by atoms with Crippen LogP contribution in [0.5, 0.6) is 0 Å². The van der Waals surface area contributed by atoms with Crippen LogP contribution in [-0.2, 0) is 9.53 Å². The summed E-state index contributed by atoms with van der Waals surface area (Å²) in [6, 6.07) is 0. The Labute approximate surface area is 96.8 Å². The molecular formula is C13H20O3. The summed E-state index contributed by atoms with van der Waals surface area (Å²) in [5, 5.41) is 9.70. The number of methoxy groups -OCH3 is 1. The number of ether oxygens (including phenoxy) is 1. The van der Waals surface area contributed by atoms with Gasteiger partial charge in [0, 0.05) is 0 Å². The Balaban J connectivity index is 2.57. The molecule has 0 saturated heterocycles. The van der Waals surface area contributed by atoms with E-state index in [1.54, 1.807) is 0 Å². The first kappa shape index (κ1) is 13.0. The van der Waals surface area contributed by atoms with Gasteiger partial charge in [0.05, 0.1) is 18.6 Å². The molecule has 3 heteroatoms. The zero-order chi connectivity index (χ0) is 12.3. The monoisotopic (exact) mass is 224 g/mol. The highest BCUT2D eigenvalue weighted by molar-refractivity contribution is 5.79. The molecule has 0 saturated carbocycles. The summed E-state index contributed by atoms with van der Waals surface area (Å²) in [4.78, 5) is 11.5. The van der Waals surface area contributed by atoms with Crippen molar-refractivity contribution in [3.63, 3.8) is 0 Å². The molecular weight excluding hydrogens is 204 g/mol. The van der Waals surface area contributed by atoms with Gasteiger partial charge in [-0.25, -0.2) is 0 Å². The van der Waals surface area contributed by atoms with Crippen LogP contribution in [0.4, 0.5) is 0 Å². The molecule has 1 aliphatic rings. The maximum atomic E-state index is 11.5. The van der Waals surface area contributed by atoms with Gasteiger partial charge in [0.25, 0.3) is 0 Å². The highest BCUT2D eigenvalue weighted by atomic mass is 16.5. The molecule has 1 rings (SSSR count). The van der Waals surface area contributed by atoms with E-state index < -0.39 is 11.5 Å². The normalized spacial score (nSPS) is 30.1. The molecule has 1 unspecified atom stereocenters. The first-order chi connectivity index (χ1) is 7.39. The van der Waals surface area contributed by atoms with E-state index in [4.69, 9.17) is 4.74 Å². The van der Waals surface area contributed by atoms with E-state index in [0.717, 1.165) is 5.57 Å². The zero-order valence-electron chi connectivity index (χ0n) is 10.2. The van der Waals surface area contributed by atoms with Crippen molar-refractivity contribution in [1.29, 1.82) is 0 Å². The van der Waals surface area contributed by atoms with Crippen LogP contribution in [0.3, 0.4) is 0 Å². The van der Waals surface area contributed by atoms with Crippen LogP contribution in [0.1, 0.15) is 26.7 Å². The lowest BCUT2D eigenvalue weighted by Gasteiger charge is -2.21. The lowest BCUT2D eigenvalue weighted by Crippen LogP contribution is -2.26. The van der Waals surface area contributed by atoms with Gasteiger partial charge in [0.15, 0.2) is 0 Å². The molecule has 0 aromatic rings. The average molecular weight is 224 g/mol. The second-order valence-corrected chi connectivity index (χ2v) is 4.83. The molecule has 1 N–H and O–H groups in total. The van der Waals surface area contributed by atoms with Gasteiger partial charge in [-0.3, -0.25) is 4.79 Å². The number of carbonyl (C=O) groups is 1. The molecule has 3 nitrogen and oxygen atoms in total. The van der Waals surface area contributed by atoms with E-state index in [0.29, 0.717) is 12.8 Å². The van der Waals surface area contributed by atoms with Crippen LogP contribution in [0, 0.1) is 11.3 Å². The molecule has 0 aromatic heterocycles. The van der Waals surface area contributed by atoms with E-state index in [9.17, 15) is 9.90 Å². The van der Waals surface area contributed by atoms with E-state index in [-0.39, 0.29) is 11.9 Å². The fourth-order valence-electron chi connectivity index (χ4n) is 2.06. The molecule has 16 heavy (non-hydrogen) atoms. The number of hydrogen-bond acceptors (Lipinski definition) is 3. The molecule has 0 radical (unpaired) electrons. The van der Waals surface area contributed by atoms with Crippen LogP contribution in [-0.4, -0.2) is 24.3 Å². The van der Waals surface area contributed by atoms with Gasteiger partial charge < -0.3 is 9.84 Å². The Morgan fingerprint density at radius 1 is 1.75 bits per heavy atom. The quantitative estimate of drug-likeness (QED) is 0.587. The van der Waals surface area contributed by atoms with Crippen LogP contribution in [0.2, 0.25) is 0 Å². The molecule has 0 spiro atoms. The van der Waals surface area contributed by atoms with Crippen molar-refractivity contribution in [3.8, 4) is 0 Å². The van der Waals surface area contributed by atoms with Crippen molar-refractivity contribution in [2.75, 3.05) is 7.11 Å². The van der Waals surface area contributed by atoms with Crippen LogP contribution < -0.4 is 0 Å².